The Hall–Kier alpha value is 0.140. The van der Waals surface area contributed by atoms with Gasteiger partial charge in [-0.3, -0.25) is 0 Å². The molecule has 0 amide bonds. The van der Waals surface area contributed by atoms with Gasteiger partial charge in [0.25, 0.3) is 0 Å². The third-order valence-electron chi connectivity index (χ3n) is 2.63. The zero-order chi connectivity index (χ0) is 9.26. The topological polar surface area (TPSA) is 12.0 Å². The summed E-state index contributed by atoms with van der Waals surface area (Å²) in [5.74, 6) is 0.976. The molecule has 1 unspecified atom stereocenters. The minimum absolute atomic E-state index is 0.549. The Balaban J connectivity index is 2.06. The Bertz CT molecular complexity index is 280. The lowest BCUT2D eigenvalue weighted by Gasteiger charge is -2.14. The molecule has 1 saturated carbocycles. The maximum Gasteiger partial charge on any atom is 0.0339 e. The molecular weight excluding hydrogens is 246 g/mol. The molecule has 13 heavy (non-hydrogen) atoms. The van der Waals surface area contributed by atoms with Crippen LogP contribution in [0, 0.1) is 5.92 Å². The van der Waals surface area contributed by atoms with Crippen LogP contribution < -0.4 is 5.32 Å². The highest BCUT2D eigenvalue weighted by Gasteiger charge is 2.26. The van der Waals surface area contributed by atoms with E-state index in [0.29, 0.717) is 6.04 Å². The summed E-state index contributed by atoms with van der Waals surface area (Å²) in [5, 5.41) is 7.80. The Labute approximate surface area is 91.7 Å². The van der Waals surface area contributed by atoms with Crippen LogP contribution in [0.25, 0.3) is 0 Å². The van der Waals surface area contributed by atoms with Gasteiger partial charge in [-0.25, -0.2) is 0 Å². The van der Waals surface area contributed by atoms with Crippen molar-refractivity contribution in [3.05, 3.63) is 20.8 Å². The van der Waals surface area contributed by atoms with E-state index in [1.54, 1.807) is 11.3 Å². The van der Waals surface area contributed by atoms with Gasteiger partial charge in [-0.2, -0.15) is 11.3 Å². The number of rotatable bonds is 4. The number of hydrogen-bond donors (Lipinski definition) is 1. The molecule has 0 bridgehead atoms. The van der Waals surface area contributed by atoms with E-state index < -0.39 is 0 Å². The summed E-state index contributed by atoms with van der Waals surface area (Å²) in [5.41, 5.74) is 1.43. The quantitative estimate of drug-likeness (QED) is 0.872. The molecule has 1 nitrogen and oxygen atoms in total. The molecule has 0 radical (unpaired) electrons. The van der Waals surface area contributed by atoms with E-state index in [1.807, 2.05) is 0 Å². The van der Waals surface area contributed by atoms with Crippen LogP contribution in [0.1, 0.15) is 30.9 Å². The second kappa shape index (κ2) is 4.11. The van der Waals surface area contributed by atoms with E-state index >= 15 is 0 Å². The molecule has 72 valence electrons. The zero-order valence-electron chi connectivity index (χ0n) is 7.72. The van der Waals surface area contributed by atoms with E-state index in [0.717, 1.165) is 5.92 Å². The van der Waals surface area contributed by atoms with Gasteiger partial charge in [-0.15, -0.1) is 0 Å². The number of halogens is 1. The first-order valence-corrected chi connectivity index (χ1v) is 6.43. The Morgan fingerprint density at radius 3 is 2.85 bits per heavy atom. The highest BCUT2D eigenvalue weighted by atomic mass is 79.9. The Morgan fingerprint density at radius 2 is 2.38 bits per heavy atom. The molecule has 0 saturated heterocycles. The summed E-state index contributed by atoms with van der Waals surface area (Å²) in [7, 11) is 2.05. The lowest BCUT2D eigenvalue weighted by atomic mass is 10.0. The van der Waals surface area contributed by atoms with Gasteiger partial charge in [0.15, 0.2) is 0 Å². The molecule has 3 heteroatoms. The average molecular weight is 260 g/mol. The smallest absolute Gasteiger partial charge is 0.0339 e. The summed E-state index contributed by atoms with van der Waals surface area (Å²) in [6, 6.07) is 0.549. The van der Waals surface area contributed by atoms with Crippen LogP contribution >= 0.6 is 27.3 Å². The molecule has 0 aromatic carbocycles. The summed E-state index contributed by atoms with van der Waals surface area (Å²) in [4.78, 5) is 0. The van der Waals surface area contributed by atoms with Crippen molar-refractivity contribution >= 4 is 27.3 Å². The third-order valence-corrected chi connectivity index (χ3v) is 4.38. The fourth-order valence-electron chi connectivity index (χ4n) is 1.63. The Morgan fingerprint density at radius 1 is 1.62 bits per heavy atom. The van der Waals surface area contributed by atoms with Crippen molar-refractivity contribution in [1.82, 2.24) is 5.32 Å². The van der Waals surface area contributed by atoms with Crippen LogP contribution in [-0.4, -0.2) is 7.05 Å². The van der Waals surface area contributed by atoms with Crippen LogP contribution in [0.5, 0.6) is 0 Å². The minimum atomic E-state index is 0.549. The van der Waals surface area contributed by atoms with Crippen LogP contribution in [0.4, 0.5) is 0 Å². The van der Waals surface area contributed by atoms with Crippen molar-refractivity contribution in [2.45, 2.75) is 25.3 Å². The molecule has 0 aliphatic heterocycles. The van der Waals surface area contributed by atoms with Crippen molar-refractivity contribution in [3.63, 3.8) is 0 Å². The molecule has 1 aliphatic carbocycles. The first-order chi connectivity index (χ1) is 6.31. The highest BCUT2D eigenvalue weighted by molar-refractivity contribution is 9.10. The molecule has 1 aromatic heterocycles. The molecule has 1 aromatic rings. The molecular formula is C10H14BrNS. The van der Waals surface area contributed by atoms with Crippen LogP contribution in [-0.2, 0) is 0 Å². The van der Waals surface area contributed by atoms with E-state index in [2.05, 4.69) is 39.1 Å². The van der Waals surface area contributed by atoms with E-state index in [9.17, 15) is 0 Å². The maximum absolute atomic E-state index is 3.59. The first kappa shape index (κ1) is 9.69. The number of hydrogen-bond acceptors (Lipinski definition) is 2. The van der Waals surface area contributed by atoms with Gasteiger partial charge < -0.3 is 5.32 Å². The normalized spacial score (nSPS) is 18.9. The number of nitrogens with one attached hydrogen (secondary N) is 1. The molecule has 1 atom stereocenters. The van der Waals surface area contributed by atoms with Crippen LogP contribution in [0.15, 0.2) is 15.2 Å². The standard InChI is InChI=1S/C10H14BrNS/c1-12-10(4-7-2-3-7)8-5-13-6-9(8)11/h5-7,10,12H,2-4H2,1H3. The molecule has 1 heterocycles. The molecule has 1 N–H and O–H groups in total. The van der Waals surface area contributed by atoms with Gasteiger partial charge in [0, 0.05) is 15.9 Å². The second-order valence-electron chi connectivity index (χ2n) is 3.70. The largest absolute Gasteiger partial charge is 0.313 e. The second-order valence-corrected chi connectivity index (χ2v) is 5.29. The van der Waals surface area contributed by atoms with Gasteiger partial charge in [0.05, 0.1) is 0 Å². The predicted octanol–water partition coefficient (Wildman–Crippen LogP) is 3.57. The average Bonchev–Trinajstić information content (AvgIpc) is 2.85. The molecule has 2 rings (SSSR count). The van der Waals surface area contributed by atoms with Crippen molar-refractivity contribution in [2.24, 2.45) is 5.92 Å². The maximum atomic E-state index is 3.59. The minimum Gasteiger partial charge on any atom is -0.313 e. The van der Waals surface area contributed by atoms with Crippen LogP contribution in [0.3, 0.4) is 0 Å². The van der Waals surface area contributed by atoms with Gasteiger partial charge in [0.1, 0.15) is 0 Å². The first-order valence-electron chi connectivity index (χ1n) is 4.70. The van der Waals surface area contributed by atoms with Gasteiger partial charge in [0.2, 0.25) is 0 Å². The predicted molar refractivity (Wildman–Crippen MR) is 61.2 cm³/mol. The van der Waals surface area contributed by atoms with Gasteiger partial charge in [-0.1, -0.05) is 12.8 Å². The monoisotopic (exact) mass is 259 g/mol. The summed E-state index contributed by atoms with van der Waals surface area (Å²) in [6.45, 7) is 0. The highest BCUT2D eigenvalue weighted by Crippen LogP contribution is 2.39. The Kier molecular flexibility index (Phi) is 3.06. The van der Waals surface area contributed by atoms with Gasteiger partial charge in [-0.05, 0) is 46.3 Å². The fraction of sp³-hybridized carbons (Fsp3) is 0.600. The van der Waals surface area contributed by atoms with E-state index in [1.165, 1.54) is 29.3 Å². The molecule has 1 fully saturated rings. The van der Waals surface area contributed by atoms with Gasteiger partial charge >= 0.3 is 0 Å². The van der Waals surface area contributed by atoms with Crippen LogP contribution in [0.2, 0.25) is 0 Å². The third kappa shape index (κ3) is 2.33. The summed E-state index contributed by atoms with van der Waals surface area (Å²) in [6.07, 6.45) is 4.16. The van der Waals surface area contributed by atoms with Crippen molar-refractivity contribution < 1.29 is 0 Å². The summed E-state index contributed by atoms with van der Waals surface area (Å²) < 4.78 is 1.26. The van der Waals surface area contributed by atoms with Crippen molar-refractivity contribution in [2.75, 3.05) is 7.05 Å². The molecule has 1 aliphatic rings. The zero-order valence-corrected chi connectivity index (χ0v) is 10.1. The number of thiophene rings is 1. The molecule has 0 spiro atoms. The summed E-state index contributed by atoms with van der Waals surface area (Å²) >= 11 is 5.36. The SMILES string of the molecule is CNC(CC1CC1)c1cscc1Br. The van der Waals surface area contributed by atoms with E-state index in [4.69, 9.17) is 0 Å². The lowest BCUT2D eigenvalue weighted by molar-refractivity contribution is 0.514. The van der Waals surface area contributed by atoms with Crippen molar-refractivity contribution in [3.8, 4) is 0 Å². The lowest BCUT2D eigenvalue weighted by Crippen LogP contribution is -2.16. The van der Waals surface area contributed by atoms with Crippen molar-refractivity contribution in [1.29, 1.82) is 0 Å². The van der Waals surface area contributed by atoms with E-state index in [-0.39, 0.29) is 0 Å². The fourth-order valence-corrected chi connectivity index (χ4v) is 3.25.